The monoisotopic (exact) mass is 252 g/mol. The highest BCUT2D eigenvalue weighted by Gasteiger charge is 2.32. The van der Waals surface area contributed by atoms with Crippen molar-refractivity contribution in [2.75, 3.05) is 0 Å². The fraction of sp³-hybridized carbons (Fsp3) is 0.692. The number of aromatic nitrogens is 2. The third-order valence-electron chi connectivity index (χ3n) is 4.34. The largest absolute Gasteiger partial charge is 0.336 e. The Morgan fingerprint density at radius 1 is 1.41 bits per heavy atom. The predicted molar refractivity (Wildman–Crippen MR) is 71.8 cm³/mol. The van der Waals surface area contributed by atoms with Crippen LogP contribution >= 0.6 is 12.2 Å². The van der Waals surface area contributed by atoms with E-state index >= 15 is 0 Å². The molecule has 1 atom stereocenters. The number of rotatable bonds is 2. The maximum atomic E-state index is 11.9. The van der Waals surface area contributed by atoms with Crippen molar-refractivity contribution in [3.8, 4) is 0 Å². The van der Waals surface area contributed by atoms with E-state index in [1.807, 2.05) is 0 Å². The fourth-order valence-electron chi connectivity index (χ4n) is 2.61. The van der Waals surface area contributed by atoms with Crippen LogP contribution < -0.4 is 5.56 Å². The Bertz CT molecular complexity index is 527. The topological polar surface area (TPSA) is 48.6 Å². The average molecular weight is 252 g/mol. The zero-order chi connectivity index (χ0) is 12.6. The van der Waals surface area contributed by atoms with Crippen molar-refractivity contribution in [2.45, 2.75) is 46.5 Å². The van der Waals surface area contributed by atoms with Crippen LogP contribution in [0.25, 0.3) is 0 Å². The van der Waals surface area contributed by atoms with E-state index in [0.717, 1.165) is 36.9 Å². The number of aromatic amines is 2. The van der Waals surface area contributed by atoms with Gasteiger partial charge in [-0.05, 0) is 42.8 Å². The lowest BCUT2D eigenvalue weighted by molar-refractivity contribution is 0.181. The van der Waals surface area contributed by atoms with Crippen LogP contribution in [-0.2, 0) is 12.8 Å². The second-order valence-electron chi connectivity index (χ2n) is 5.65. The summed E-state index contributed by atoms with van der Waals surface area (Å²) < 4.78 is 0.446. The summed E-state index contributed by atoms with van der Waals surface area (Å²) in [5.74, 6) is 0.588. The van der Waals surface area contributed by atoms with Crippen molar-refractivity contribution in [3.63, 3.8) is 0 Å². The number of fused-ring (bicyclic) bond motifs is 1. The van der Waals surface area contributed by atoms with E-state index in [4.69, 9.17) is 12.2 Å². The van der Waals surface area contributed by atoms with Gasteiger partial charge in [-0.25, -0.2) is 0 Å². The van der Waals surface area contributed by atoms with Gasteiger partial charge in [-0.2, -0.15) is 0 Å². The molecule has 0 saturated carbocycles. The lowest BCUT2D eigenvalue weighted by atomic mass is 9.69. The van der Waals surface area contributed by atoms with Crippen molar-refractivity contribution in [3.05, 3.63) is 26.4 Å². The average Bonchev–Trinajstić information content (AvgIpc) is 2.28. The molecule has 1 aromatic heterocycles. The lowest BCUT2D eigenvalue weighted by Gasteiger charge is -2.36. The number of nitrogens with one attached hydrogen (secondary N) is 2. The molecular formula is C13H20N2OS. The van der Waals surface area contributed by atoms with Crippen LogP contribution in [-0.4, -0.2) is 9.97 Å². The second kappa shape index (κ2) is 4.41. The van der Waals surface area contributed by atoms with Crippen LogP contribution in [0.2, 0.25) is 0 Å². The van der Waals surface area contributed by atoms with Gasteiger partial charge in [-0.15, -0.1) is 0 Å². The first-order chi connectivity index (χ1) is 7.94. The van der Waals surface area contributed by atoms with Gasteiger partial charge in [-0.3, -0.25) is 9.78 Å². The molecule has 2 N–H and O–H groups in total. The molecule has 0 spiro atoms. The van der Waals surface area contributed by atoms with Gasteiger partial charge in [0.2, 0.25) is 0 Å². The first-order valence-corrected chi connectivity index (χ1v) is 6.69. The number of hydrogen-bond acceptors (Lipinski definition) is 2. The molecule has 1 aliphatic rings. The summed E-state index contributed by atoms with van der Waals surface area (Å²) >= 11 is 5.00. The summed E-state index contributed by atoms with van der Waals surface area (Å²) in [6.45, 7) is 6.81. The van der Waals surface area contributed by atoms with E-state index in [-0.39, 0.29) is 5.56 Å². The minimum absolute atomic E-state index is 0.000327. The van der Waals surface area contributed by atoms with Crippen molar-refractivity contribution in [1.82, 2.24) is 9.97 Å². The van der Waals surface area contributed by atoms with E-state index in [2.05, 4.69) is 30.7 Å². The summed E-state index contributed by atoms with van der Waals surface area (Å²) in [7, 11) is 0. The molecule has 94 valence electrons. The molecule has 0 radical (unpaired) electrons. The fourth-order valence-corrected chi connectivity index (χ4v) is 2.83. The molecule has 1 aromatic rings. The second-order valence-corrected chi connectivity index (χ2v) is 6.06. The van der Waals surface area contributed by atoms with Crippen LogP contribution in [0.3, 0.4) is 0 Å². The van der Waals surface area contributed by atoms with Gasteiger partial charge >= 0.3 is 0 Å². The maximum Gasteiger partial charge on any atom is 0.255 e. The van der Waals surface area contributed by atoms with Crippen LogP contribution in [0.5, 0.6) is 0 Å². The Morgan fingerprint density at radius 2 is 2.12 bits per heavy atom. The van der Waals surface area contributed by atoms with Gasteiger partial charge in [0.25, 0.3) is 5.56 Å². The van der Waals surface area contributed by atoms with Crippen LogP contribution in [0.15, 0.2) is 4.79 Å². The zero-order valence-electron chi connectivity index (χ0n) is 10.7. The predicted octanol–water partition coefficient (Wildman–Crippen LogP) is 2.97. The van der Waals surface area contributed by atoms with Gasteiger partial charge in [0.1, 0.15) is 0 Å². The Balaban J connectivity index is 2.37. The molecule has 17 heavy (non-hydrogen) atoms. The zero-order valence-corrected chi connectivity index (χ0v) is 11.5. The Kier molecular flexibility index (Phi) is 3.25. The highest BCUT2D eigenvalue weighted by Crippen LogP contribution is 2.38. The smallest absolute Gasteiger partial charge is 0.255 e. The van der Waals surface area contributed by atoms with Crippen LogP contribution in [0, 0.1) is 16.1 Å². The molecule has 2 rings (SSSR count). The van der Waals surface area contributed by atoms with Gasteiger partial charge in [0.15, 0.2) is 4.77 Å². The highest BCUT2D eigenvalue weighted by molar-refractivity contribution is 7.71. The van der Waals surface area contributed by atoms with E-state index in [1.54, 1.807) is 0 Å². The minimum atomic E-state index is 0.000327. The Labute approximate surface area is 107 Å². The lowest BCUT2D eigenvalue weighted by Crippen LogP contribution is -2.33. The number of aryl methyl sites for hydroxylation is 1. The highest BCUT2D eigenvalue weighted by atomic mass is 32.1. The van der Waals surface area contributed by atoms with Gasteiger partial charge in [-0.1, -0.05) is 27.2 Å². The molecule has 0 aromatic carbocycles. The van der Waals surface area contributed by atoms with E-state index < -0.39 is 0 Å². The van der Waals surface area contributed by atoms with E-state index in [9.17, 15) is 4.79 Å². The summed E-state index contributed by atoms with van der Waals surface area (Å²) in [6.07, 6.45) is 4.10. The molecule has 1 heterocycles. The number of hydrogen-bond donors (Lipinski definition) is 2. The molecule has 4 heteroatoms. The maximum absolute atomic E-state index is 11.9. The molecule has 0 bridgehead atoms. The molecule has 1 unspecified atom stereocenters. The molecule has 1 aliphatic carbocycles. The third kappa shape index (κ3) is 2.37. The molecule has 0 saturated heterocycles. The standard InChI is InChI=1S/C13H20N2OS/c1-4-13(2,3)8-5-6-10-9(7-8)11(16)15-12(17)14-10/h8H,4-7H2,1-3H3,(H2,14,15,16,17). The van der Waals surface area contributed by atoms with Crippen molar-refractivity contribution in [2.24, 2.45) is 11.3 Å². The van der Waals surface area contributed by atoms with E-state index in [1.165, 1.54) is 0 Å². The molecule has 0 fully saturated rings. The summed E-state index contributed by atoms with van der Waals surface area (Å²) in [5, 5.41) is 0. The van der Waals surface area contributed by atoms with E-state index in [0.29, 0.717) is 16.1 Å². The van der Waals surface area contributed by atoms with Gasteiger partial charge in [0, 0.05) is 11.3 Å². The van der Waals surface area contributed by atoms with Gasteiger partial charge in [0.05, 0.1) is 0 Å². The first-order valence-electron chi connectivity index (χ1n) is 6.28. The first kappa shape index (κ1) is 12.6. The van der Waals surface area contributed by atoms with Crippen LogP contribution in [0.1, 0.15) is 44.9 Å². The van der Waals surface area contributed by atoms with Crippen molar-refractivity contribution < 1.29 is 0 Å². The molecular weight excluding hydrogens is 232 g/mol. The Hall–Kier alpha value is -0.900. The summed E-state index contributed by atoms with van der Waals surface area (Å²) in [4.78, 5) is 17.7. The quantitative estimate of drug-likeness (QED) is 0.795. The minimum Gasteiger partial charge on any atom is -0.336 e. The Morgan fingerprint density at radius 3 is 2.76 bits per heavy atom. The number of H-pyrrole nitrogens is 2. The molecule has 3 nitrogen and oxygen atoms in total. The molecule has 0 amide bonds. The normalized spacial score (nSPS) is 20.1. The third-order valence-corrected chi connectivity index (χ3v) is 4.54. The summed E-state index contributed by atoms with van der Waals surface area (Å²) in [6, 6.07) is 0. The summed E-state index contributed by atoms with van der Waals surface area (Å²) in [5.41, 5.74) is 2.26. The van der Waals surface area contributed by atoms with Crippen molar-refractivity contribution in [1.29, 1.82) is 0 Å². The van der Waals surface area contributed by atoms with Crippen molar-refractivity contribution >= 4 is 12.2 Å². The van der Waals surface area contributed by atoms with Gasteiger partial charge < -0.3 is 4.98 Å². The van der Waals surface area contributed by atoms with Crippen LogP contribution in [0.4, 0.5) is 0 Å². The molecule has 0 aliphatic heterocycles. The SMILES string of the molecule is CCC(C)(C)C1CCc2[nH]c(=S)[nH]c(=O)c2C1.